The summed E-state index contributed by atoms with van der Waals surface area (Å²) in [5.41, 5.74) is 0.374. The third-order valence-corrected chi connectivity index (χ3v) is 5.54. The van der Waals surface area contributed by atoms with Gasteiger partial charge in [0.1, 0.15) is 0 Å². The van der Waals surface area contributed by atoms with Crippen molar-refractivity contribution in [2.24, 2.45) is 0 Å². The summed E-state index contributed by atoms with van der Waals surface area (Å²) in [7, 11) is 0. The standard InChI is InChI=1S/C23H23F3N2O3/c24-23(25,26)16-7-5-6-15(12-16)13-28-14-21(31-20-11-4-2-9-18(20)28)22(30)27-17-8-1-3-10-19(17)29/h2,4-7,9,11-12,14,17,19,29H,1,3,8,10,13H2,(H,27,30)/t17-,19-/m0/s1. The maximum absolute atomic E-state index is 13.1. The molecule has 164 valence electrons. The Morgan fingerprint density at radius 2 is 1.90 bits per heavy atom. The third-order valence-electron chi connectivity index (χ3n) is 5.54. The SMILES string of the molecule is O=C(N[C@H]1CCCC[C@@H]1O)C1=CN(Cc2cccc(C(F)(F)F)c2)c2ccccc2O1. The van der Waals surface area contributed by atoms with E-state index in [4.69, 9.17) is 4.74 Å². The lowest BCUT2D eigenvalue weighted by molar-refractivity contribution is -0.137. The Bertz CT molecular complexity index is 990. The number of anilines is 1. The van der Waals surface area contributed by atoms with Crippen molar-refractivity contribution in [3.63, 3.8) is 0 Å². The van der Waals surface area contributed by atoms with Crippen molar-refractivity contribution in [3.8, 4) is 5.75 Å². The van der Waals surface area contributed by atoms with E-state index >= 15 is 0 Å². The van der Waals surface area contributed by atoms with Gasteiger partial charge in [0.05, 0.1) is 29.6 Å². The van der Waals surface area contributed by atoms with Gasteiger partial charge in [-0.25, -0.2) is 0 Å². The number of aliphatic hydroxyl groups is 1. The predicted octanol–water partition coefficient (Wildman–Crippen LogP) is 4.37. The van der Waals surface area contributed by atoms with Crippen LogP contribution in [0.1, 0.15) is 36.8 Å². The Hall–Kier alpha value is -3.00. The molecule has 1 aliphatic carbocycles. The van der Waals surface area contributed by atoms with Gasteiger partial charge in [-0.1, -0.05) is 37.1 Å². The molecule has 2 aliphatic rings. The quantitative estimate of drug-likeness (QED) is 0.754. The second-order valence-electron chi connectivity index (χ2n) is 7.82. The van der Waals surface area contributed by atoms with Crippen LogP contribution in [0.4, 0.5) is 18.9 Å². The second kappa shape index (κ2) is 8.63. The number of halogens is 3. The van der Waals surface area contributed by atoms with E-state index in [1.165, 1.54) is 12.3 Å². The Kier molecular flexibility index (Phi) is 5.91. The minimum atomic E-state index is -4.43. The van der Waals surface area contributed by atoms with Crippen LogP contribution in [0.5, 0.6) is 5.75 Å². The van der Waals surface area contributed by atoms with Crippen LogP contribution in [0.2, 0.25) is 0 Å². The highest BCUT2D eigenvalue weighted by Crippen LogP contribution is 2.36. The summed E-state index contributed by atoms with van der Waals surface area (Å²) in [6, 6.07) is 11.8. The summed E-state index contributed by atoms with van der Waals surface area (Å²) in [4.78, 5) is 14.5. The maximum atomic E-state index is 13.1. The molecule has 0 aromatic heterocycles. The summed E-state index contributed by atoms with van der Waals surface area (Å²) in [6.07, 6.45) is -0.374. The lowest BCUT2D eigenvalue weighted by Crippen LogP contribution is -2.46. The van der Waals surface area contributed by atoms with Crippen molar-refractivity contribution < 1.29 is 27.8 Å². The van der Waals surface area contributed by atoms with E-state index in [-0.39, 0.29) is 18.3 Å². The molecule has 0 radical (unpaired) electrons. The molecule has 0 unspecified atom stereocenters. The van der Waals surface area contributed by atoms with Crippen LogP contribution < -0.4 is 15.0 Å². The summed E-state index contributed by atoms with van der Waals surface area (Å²) in [6.45, 7) is 0.132. The Morgan fingerprint density at radius 1 is 1.13 bits per heavy atom. The molecule has 2 atom stereocenters. The molecule has 31 heavy (non-hydrogen) atoms. The minimum Gasteiger partial charge on any atom is -0.448 e. The first-order chi connectivity index (χ1) is 14.8. The Balaban J connectivity index is 1.58. The molecule has 2 aromatic rings. The van der Waals surface area contributed by atoms with Gasteiger partial charge >= 0.3 is 6.18 Å². The molecule has 0 spiro atoms. The van der Waals surface area contributed by atoms with Crippen molar-refractivity contribution in [2.75, 3.05) is 4.90 Å². The largest absolute Gasteiger partial charge is 0.448 e. The number of fused-ring (bicyclic) bond motifs is 1. The Morgan fingerprint density at radius 3 is 2.68 bits per heavy atom. The van der Waals surface area contributed by atoms with Crippen molar-refractivity contribution in [1.29, 1.82) is 0 Å². The summed E-state index contributed by atoms with van der Waals surface area (Å²) < 4.78 is 45.0. The van der Waals surface area contributed by atoms with Crippen LogP contribution in [-0.2, 0) is 17.5 Å². The molecule has 1 fully saturated rings. The zero-order chi connectivity index (χ0) is 22.0. The second-order valence-corrected chi connectivity index (χ2v) is 7.82. The topological polar surface area (TPSA) is 61.8 Å². The smallest absolute Gasteiger partial charge is 0.416 e. The van der Waals surface area contributed by atoms with Crippen LogP contribution in [-0.4, -0.2) is 23.2 Å². The monoisotopic (exact) mass is 432 g/mol. The van der Waals surface area contributed by atoms with E-state index in [1.54, 1.807) is 35.2 Å². The van der Waals surface area contributed by atoms with Crippen molar-refractivity contribution in [3.05, 3.63) is 71.6 Å². The zero-order valence-electron chi connectivity index (χ0n) is 16.7. The van der Waals surface area contributed by atoms with E-state index in [2.05, 4.69) is 5.32 Å². The van der Waals surface area contributed by atoms with Gasteiger partial charge in [-0.2, -0.15) is 13.2 Å². The van der Waals surface area contributed by atoms with Gasteiger partial charge in [0.15, 0.2) is 5.75 Å². The van der Waals surface area contributed by atoms with Crippen molar-refractivity contribution >= 4 is 11.6 Å². The number of nitrogens with one attached hydrogen (secondary N) is 1. The molecule has 1 heterocycles. The fourth-order valence-electron chi connectivity index (χ4n) is 3.93. The molecule has 0 saturated heterocycles. The molecule has 5 nitrogen and oxygen atoms in total. The fraction of sp³-hybridized carbons (Fsp3) is 0.348. The van der Waals surface area contributed by atoms with E-state index in [0.717, 1.165) is 25.0 Å². The minimum absolute atomic E-state index is 0.0310. The lowest BCUT2D eigenvalue weighted by Gasteiger charge is -2.31. The number of carbonyl (C=O) groups is 1. The number of rotatable bonds is 4. The number of hydrogen-bond donors (Lipinski definition) is 2. The highest BCUT2D eigenvalue weighted by atomic mass is 19.4. The third kappa shape index (κ3) is 4.85. The number of amides is 1. The zero-order valence-corrected chi connectivity index (χ0v) is 16.7. The van der Waals surface area contributed by atoms with E-state index in [1.807, 2.05) is 0 Å². The average Bonchev–Trinajstić information content (AvgIpc) is 2.75. The number of nitrogens with zero attached hydrogens (tertiary/aromatic N) is 1. The van der Waals surface area contributed by atoms with E-state index < -0.39 is 23.8 Å². The normalized spacial score (nSPS) is 21.0. The first kappa shape index (κ1) is 21.2. The van der Waals surface area contributed by atoms with Gasteiger partial charge in [0, 0.05) is 6.54 Å². The molecule has 1 aliphatic heterocycles. The van der Waals surface area contributed by atoms with Gasteiger partial charge in [-0.05, 0) is 42.7 Å². The van der Waals surface area contributed by atoms with Gasteiger partial charge in [-0.15, -0.1) is 0 Å². The Labute approximate surface area is 178 Å². The number of ether oxygens (including phenoxy) is 1. The molecule has 1 amide bonds. The summed E-state index contributed by atoms with van der Waals surface area (Å²) >= 11 is 0. The summed E-state index contributed by atoms with van der Waals surface area (Å²) in [5, 5.41) is 13.0. The summed E-state index contributed by atoms with van der Waals surface area (Å²) in [5.74, 6) is 0.00395. The fourth-order valence-corrected chi connectivity index (χ4v) is 3.93. The predicted molar refractivity (Wildman–Crippen MR) is 109 cm³/mol. The average molecular weight is 432 g/mol. The maximum Gasteiger partial charge on any atom is 0.416 e. The van der Waals surface area contributed by atoms with Crippen LogP contribution in [0, 0.1) is 0 Å². The number of benzene rings is 2. The molecular formula is C23H23F3N2O3. The number of alkyl halides is 3. The first-order valence-electron chi connectivity index (χ1n) is 10.2. The molecule has 1 saturated carbocycles. The van der Waals surface area contributed by atoms with E-state index in [0.29, 0.717) is 29.8 Å². The molecule has 8 heteroatoms. The van der Waals surface area contributed by atoms with Gasteiger partial charge < -0.3 is 20.1 Å². The number of carbonyl (C=O) groups excluding carboxylic acids is 1. The van der Waals surface area contributed by atoms with Gasteiger partial charge in [0.2, 0.25) is 5.76 Å². The first-order valence-corrected chi connectivity index (χ1v) is 10.2. The molecule has 0 bridgehead atoms. The molecule has 4 rings (SSSR count). The highest BCUT2D eigenvalue weighted by molar-refractivity contribution is 5.93. The number of aliphatic hydroxyl groups excluding tert-OH is 1. The van der Waals surface area contributed by atoms with Gasteiger partial charge in [0.25, 0.3) is 5.91 Å². The highest BCUT2D eigenvalue weighted by Gasteiger charge is 2.31. The van der Waals surface area contributed by atoms with Crippen LogP contribution in [0.3, 0.4) is 0 Å². The van der Waals surface area contributed by atoms with E-state index in [9.17, 15) is 23.1 Å². The molecule has 2 N–H and O–H groups in total. The number of hydrogen-bond acceptors (Lipinski definition) is 4. The molecule has 2 aromatic carbocycles. The van der Waals surface area contributed by atoms with Crippen molar-refractivity contribution in [2.45, 2.75) is 50.6 Å². The molecular weight excluding hydrogens is 409 g/mol. The van der Waals surface area contributed by atoms with Crippen LogP contribution in [0.15, 0.2) is 60.5 Å². The van der Waals surface area contributed by atoms with Crippen LogP contribution in [0.25, 0.3) is 0 Å². The van der Waals surface area contributed by atoms with Gasteiger partial charge in [-0.3, -0.25) is 4.79 Å². The van der Waals surface area contributed by atoms with Crippen LogP contribution >= 0.6 is 0 Å². The lowest BCUT2D eigenvalue weighted by atomic mass is 9.92. The van der Waals surface area contributed by atoms with Crippen molar-refractivity contribution in [1.82, 2.24) is 5.32 Å². The number of para-hydroxylation sites is 2.